The molecule has 2 unspecified atom stereocenters. The zero-order chi connectivity index (χ0) is 25.9. The molecule has 34 heavy (non-hydrogen) atoms. The number of hydrogen-bond donors (Lipinski definition) is 4. The van der Waals surface area contributed by atoms with E-state index in [2.05, 4.69) is 10.6 Å². The maximum Gasteiger partial charge on any atom is 0.408 e. The van der Waals surface area contributed by atoms with Gasteiger partial charge in [-0.05, 0) is 46.6 Å². The molecule has 2 atom stereocenters. The van der Waals surface area contributed by atoms with Gasteiger partial charge >= 0.3 is 6.09 Å². The van der Waals surface area contributed by atoms with Gasteiger partial charge in [-0.2, -0.15) is 0 Å². The summed E-state index contributed by atoms with van der Waals surface area (Å²) in [5.74, 6) is -1.84. The number of rotatable bonds is 12. The number of carbonyl (C=O) groups is 4. The summed E-state index contributed by atoms with van der Waals surface area (Å²) in [6.07, 6.45) is 0.550. The van der Waals surface area contributed by atoms with Crippen molar-refractivity contribution in [2.45, 2.75) is 78.0 Å². The third kappa shape index (κ3) is 9.29. The van der Waals surface area contributed by atoms with Gasteiger partial charge in [0.05, 0.1) is 0 Å². The van der Waals surface area contributed by atoms with Crippen molar-refractivity contribution in [3.63, 3.8) is 0 Å². The smallest absolute Gasteiger partial charge is 0.408 e. The number of hydrogen-bond acceptors (Lipinski definition) is 6. The average Bonchev–Trinajstić information content (AvgIpc) is 2.73. The Balaban J connectivity index is 3.32. The highest BCUT2D eigenvalue weighted by molar-refractivity contribution is 5.92. The molecule has 1 rings (SSSR count). The van der Waals surface area contributed by atoms with Crippen LogP contribution < -0.4 is 16.4 Å². The number of unbranched alkanes of at least 4 members (excludes halogenated alkanes) is 1. The van der Waals surface area contributed by atoms with Gasteiger partial charge in [-0.25, -0.2) is 4.79 Å². The fourth-order valence-corrected chi connectivity index (χ4v) is 3.31. The number of primary amides is 1. The number of amides is 4. The Morgan fingerprint density at radius 3 is 2.32 bits per heavy atom. The second kappa shape index (κ2) is 13.4. The lowest BCUT2D eigenvalue weighted by Crippen LogP contribution is -2.53. The number of likely N-dealkylation sites (N-methyl/N-ethyl adjacent to an activating group) is 1. The highest BCUT2D eigenvalue weighted by Gasteiger charge is 2.36. The van der Waals surface area contributed by atoms with Crippen LogP contribution >= 0.6 is 0 Å². The number of benzene rings is 1. The third-order valence-electron chi connectivity index (χ3n) is 4.91. The maximum atomic E-state index is 13.6. The van der Waals surface area contributed by atoms with Crippen molar-refractivity contribution in [1.29, 1.82) is 0 Å². The molecule has 5 N–H and O–H groups in total. The molecule has 4 amide bonds. The first kappa shape index (κ1) is 28.7. The van der Waals surface area contributed by atoms with E-state index in [-0.39, 0.29) is 30.7 Å². The van der Waals surface area contributed by atoms with Gasteiger partial charge in [-0.15, -0.1) is 0 Å². The molecule has 1 aromatic rings. The number of nitrogens with zero attached hydrogens (tertiary/aromatic N) is 1. The predicted molar refractivity (Wildman–Crippen MR) is 128 cm³/mol. The lowest BCUT2D eigenvalue weighted by atomic mass is 10.0. The SMILES string of the molecule is CCCCNC(=O)C(c1ccccc1O)N(CC)C(=O)C(CCC(N)=O)NC(=O)OC(C)(C)C. The third-order valence-corrected chi connectivity index (χ3v) is 4.91. The molecule has 0 spiro atoms. The van der Waals surface area contributed by atoms with E-state index in [1.54, 1.807) is 45.9 Å². The van der Waals surface area contributed by atoms with E-state index in [4.69, 9.17) is 10.5 Å². The molecule has 10 nitrogen and oxygen atoms in total. The molecule has 0 bridgehead atoms. The summed E-state index contributed by atoms with van der Waals surface area (Å²) >= 11 is 0. The van der Waals surface area contributed by atoms with Crippen molar-refractivity contribution in [3.05, 3.63) is 29.8 Å². The molecule has 0 saturated carbocycles. The Morgan fingerprint density at radius 2 is 1.79 bits per heavy atom. The van der Waals surface area contributed by atoms with E-state index in [0.29, 0.717) is 6.54 Å². The van der Waals surface area contributed by atoms with E-state index in [1.165, 1.54) is 11.0 Å². The summed E-state index contributed by atoms with van der Waals surface area (Å²) < 4.78 is 5.26. The van der Waals surface area contributed by atoms with Crippen LogP contribution in [0.15, 0.2) is 24.3 Å². The number of ether oxygens (including phenoxy) is 1. The molecular weight excluding hydrogens is 440 g/mol. The molecule has 190 valence electrons. The van der Waals surface area contributed by atoms with Crippen molar-refractivity contribution in [2.75, 3.05) is 13.1 Å². The van der Waals surface area contributed by atoms with Crippen molar-refractivity contribution in [1.82, 2.24) is 15.5 Å². The van der Waals surface area contributed by atoms with Gasteiger partial charge in [-0.3, -0.25) is 14.4 Å². The monoisotopic (exact) mass is 478 g/mol. The van der Waals surface area contributed by atoms with E-state index >= 15 is 0 Å². The molecule has 10 heteroatoms. The summed E-state index contributed by atoms with van der Waals surface area (Å²) in [6, 6.07) is 3.95. The van der Waals surface area contributed by atoms with Crippen LogP contribution in [0.2, 0.25) is 0 Å². The Morgan fingerprint density at radius 1 is 1.15 bits per heavy atom. The quantitative estimate of drug-likeness (QED) is 0.339. The predicted octanol–water partition coefficient (Wildman–Crippen LogP) is 2.36. The van der Waals surface area contributed by atoms with Gasteiger partial charge in [0.2, 0.25) is 17.7 Å². The molecule has 1 aromatic carbocycles. The lowest BCUT2D eigenvalue weighted by Gasteiger charge is -2.34. The molecule has 0 aliphatic carbocycles. The Kier molecular flexibility index (Phi) is 11.3. The van der Waals surface area contributed by atoms with Gasteiger partial charge in [0, 0.05) is 25.1 Å². The fraction of sp³-hybridized carbons (Fsp3) is 0.583. The van der Waals surface area contributed by atoms with Gasteiger partial charge < -0.3 is 31.1 Å². The van der Waals surface area contributed by atoms with Crippen molar-refractivity contribution in [3.8, 4) is 5.75 Å². The average molecular weight is 479 g/mol. The molecule has 0 fully saturated rings. The number of para-hydroxylation sites is 1. The minimum absolute atomic E-state index is 0.0745. The molecular formula is C24H38N4O6. The number of alkyl carbamates (subject to hydrolysis) is 1. The normalized spacial score (nSPS) is 12.9. The van der Waals surface area contributed by atoms with Crippen LogP contribution in [0.3, 0.4) is 0 Å². The van der Waals surface area contributed by atoms with Crippen molar-refractivity contribution in [2.24, 2.45) is 5.73 Å². The van der Waals surface area contributed by atoms with Crippen LogP contribution in [-0.4, -0.2) is 58.6 Å². The number of phenolic OH excluding ortho intramolecular Hbond substituents is 1. The molecule has 0 saturated heterocycles. The Bertz CT molecular complexity index is 852. The lowest BCUT2D eigenvalue weighted by molar-refractivity contribution is -0.142. The largest absolute Gasteiger partial charge is 0.508 e. The summed E-state index contributed by atoms with van der Waals surface area (Å²) in [4.78, 5) is 51.8. The minimum atomic E-state index is -1.17. The molecule has 0 aliphatic heterocycles. The second-order valence-electron chi connectivity index (χ2n) is 8.93. The van der Waals surface area contributed by atoms with Gasteiger partial charge in [0.15, 0.2) is 0 Å². The van der Waals surface area contributed by atoms with Gasteiger partial charge in [0.25, 0.3) is 0 Å². The highest BCUT2D eigenvalue weighted by Crippen LogP contribution is 2.29. The molecule has 0 radical (unpaired) electrons. The zero-order valence-corrected chi connectivity index (χ0v) is 20.7. The molecule has 0 aromatic heterocycles. The number of nitrogens with one attached hydrogen (secondary N) is 2. The Hall–Kier alpha value is -3.30. The van der Waals surface area contributed by atoms with Crippen molar-refractivity contribution >= 4 is 23.8 Å². The van der Waals surface area contributed by atoms with Crippen molar-refractivity contribution < 1.29 is 29.0 Å². The number of phenols is 1. The highest BCUT2D eigenvalue weighted by atomic mass is 16.6. The first-order valence-electron chi connectivity index (χ1n) is 11.5. The summed E-state index contributed by atoms with van der Waals surface area (Å²) in [5, 5.41) is 15.8. The van der Waals surface area contributed by atoms with Crippen LogP contribution in [0.4, 0.5) is 4.79 Å². The van der Waals surface area contributed by atoms with Crippen LogP contribution in [0.5, 0.6) is 5.75 Å². The first-order chi connectivity index (χ1) is 15.9. The molecule has 0 aliphatic rings. The van der Waals surface area contributed by atoms with E-state index in [0.717, 1.165) is 12.8 Å². The Labute approximate surface area is 201 Å². The van der Waals surface area contributed by atoms with Gasteiger partial charge in [0.1, 0.15) is 23.4 Å². The van der Waals surface area contributed by atoms with E-state index < -0.39 is 41.5 Å². The van der Waals surface area contributed by atoms with Crippen LogP contribution in [-0.2, 0) is 19.1 Å². The van der Waals surface area contributed by atoms with Crippen LogP contribution in [0, 0.1) is 0 Å². The molecule has 0 heterocycles. The van der Waals surface area contributed by atoms with Gasteiger partial charge in [-0.1, -0.05) is 31.5 Å². The maximum absolute atomic E-state index is 13.6. The summed E-state index contributed by atoms with van der Waals surface area (Å²) in [5.41, 5.74) is 4.71. The summed E-state index contributed by atoms with van der Waals surface area (Å²) in [6.45, 7) is 9.22. The van der Waals surface area contributed by atoms with E-state index in [9.17, 15) is 24.3 Å². The first-order valence-corrected chi connectivity index (χ1v) is 11.5. The van der Waals surface area contributed by atoms with Crippen LogP contribution in [0.25, 0.3) is 0 Å². The van der Waals surface area contributed by atoms with E-state index in [1.807, 2.05) is 6.92 Å². The standard InChI is InChI=1S/C24H38N4O6/c1-6-8-15-26-21(31)20(16-11-9-10-12-18(16)29)28(7-2)22(32)17(13-14-19(25)30)27-23(33)34-24(3,4)5/h9-12,17,20,29H,6-8,13-15H2,1-5H3,(H2,25,30)(H,26,31)(H,27,33). The zero-order valence-electron chi connectivity index (χ0n) is 20.7. The topological polar surface area (TPSA) is 151 Å². The number of nitrogens with two attached hydrogens (primary N) is 1. The minimum Gasteiger partial charge on any atom is -0.508 e. The second-order valence-corrected chi connectivity index (χ2v) is 8.93. The summed E-state index contributed by atoms with van der Waals surface area (Å²) in [7, 11) is 0. The number of aromatic hydroxyl groups is 1. The fourth-order valence-electron chi connectivity index (χ4n) is 3.31. The van der Waals surface area contributed by atoms with Crippen LogP contribution in [0.1, 0.15) is 71.9 Å². The number of carbonyl (C=O) groups excluding carboxylic acids is 4.